The van der Waals surface area contributed by atoms with Crippen LogP contribution in [0.25, 0.3) is 0 Å². The van der Waals surface area contributed by atoms with Crippen molar-refractivity contribution in [2.45, 2.75) is 6.54 Å². The molecule has 0 unspecified atom stereocenters. The monoisotopic (exact) mass is 180 g/mol. The van der Waals surface area contributed by atoms with Gasteiger partial charge in [-0.1, -0.05) is 0 Å². The number of rotatable bonds is 3. The zero-order chi connectivity index (χ0) is 8.93. The van der Waals surface area contributed by atoms with Crippen molar-refractivity contribution in [3.05, 3.63) is 18.5 Å². The molecule has 0 saturated carbocycles. The summed E-state index contributed by atoms with van der Waals surface area (Å²) in [6.07, 6.45) is 3.85. The molecule has 0 aromatic carbocycles. The molecular weight excluding hydrogens is 164 g/mol. The number of hydrogen-bond donors (Lipinski definition) is 1. The minimum atomic E-state index is 1.01. The van der Waals surface area contributed by atoms with Crippen molar-refractivity contribution in [3.63, 3.8) is 0 Å². The van der Waals surface area contributed by atoms with Gasteiger partial charge in [-0.25, -0.2) is 0 Å². The Hall–Kier alpha value is -0.870. The van der Waals surface area contributed by atoms with Gasteiger partial charge < -0.3 is 5.32 Å². The molecule has 1 N–H and O–H groups in total. The summed E-state index contributed by atoms with van der Waals surface area (Å²) >= 11 is 0. The lowest BCUT2D eigenvalue weighted by molar-refractivity contribution is 0.229. The van der Waals surface area contributed by atoms with Gasteiger partial charge in [0.15, 0.2) is 0 Å². The van der Waals surface area contributed by atoms with E-state index in [4.69, 9.17) is 0 Å². The fourth-order valence-electron chi connectivity index (χ4n) is 1.61. The molecular formula is C9H16N4. The van der Waals surface area contributed by atoms with Gasteiger partial charge in [-0.2, -0.15) is 5.10 Å². The molecule has 1 aliphatic rings. The van der Waals surface area contributed by atoms with Crippen molar-refractivity contribution in [2.24, 2.45) is 0 Å². The molecule has 1 fully saturated rings. The van der Waals surface area contributed by atoms with E-state index < -0.39 is 0 Å². The molecule has 72 valence electrons. The molecule has 1 aliphatic heterocycles. The van der Waals surface area contributed by atoms with Gasteiger partial charge in [0.05, 0.1) is 6.54 Å². The lowest BCUT2D eigenvalue weighted by Gasteiger charge is -2.26. The maximum atomic E-state index is 4.18. The SMILES string of the molecule is c1cnn(CCN2CCNCC2)c1. The molecule has 0 atom stereocenters. The van der Waals surface area contributed by atoms with Crippen LogP contribution in [0.15, 0.2) is 18.5 Å². The summed E-state index contributed by atoms with van der Waals surface area (Å²) in [7, 11) is 0. The predicted octanol–water partition coefficient (Wildman–Crippen LogP) is -0.212. The van der Waals surface area contributed by atoms with Crippen LogP contribution in [0.1, 0.15) is 0 Å². The number of aromatic nitrogens is 2. The quantitative estimate of drug-likeness (QED) is 0.698. The molecule has 4 nitrogen and oxygen atoms in total. The molecule has 0 aliphatic carbocycles. The van der Waals surface area contributed by atoms with Crippen LogP contribution in [-0.4, -0.2) is 47.4 Å². The summed E-state index contributed by atoms with van der Waals surface area (Å²) in [5.41, 5.74) is 0. The minimum absolute atomic E-state index is 1.01. The lowest BCUT2D eigenvalue weighted by Crippen LogP contribution is -2.44. The molecule has 1 saturated heterocycles. The standard InChI is InChI=1S/C9H16N4/c1-2-11-13(5-1)9-8-12-6-3-10-4-7-12/h1-2,5,10H,3-4,6-9H2. The van der Waals surface area contributed by atoms with E-state index in [0.29, 0.717) is 0 Å². The Bertz CT molecular complexity index is 226. The maximum absolute atomic E-state index is 4.18. The number of nitrogens with zero attached hydrogens (tertiary/aromatic N) is 3. The molecule has 1 aromatic heterocycles. The van der Waals surface area contributed by atoms with E-state index >= 15 is 0 Å². The van der Waals surface area contributed by atoms with Crippen molar-refractivity contribution in [3.8, 4) is 0 Å². The Balaban J connectivity index is 1.72. The largest absolute Gasteiger partial charge is 0.314 e. The molecule has 2 heterocycles. The van der Waals surface area contributed by atoms with Crippen molar-refractivity contribution in [2.75, 3.05) is 32.7 Å². The Morgan fingerprint density at radius 3 is 2.77 bits per heavy atom. The van der Waals surface area contributed by atoms with Crippen molar-refractivity contribution in [1.82, 2.24) is 20.0 Å². The second-order valence-corrected chi connectivity index (χ2v) is 3.36. The Labute approximate surface area is 78.5 Å². The lowest BCUT2D eigenvalue weighted by atomic mass is 10.3. The highest BCUT2D eigenvalue weighted by atomic mass is 15.3. The van der Waals surface area contributed by atoms with E-state index in [2.05, 4.69) is 15.3 Å². The van der Waals surface area contributed by atoms with Gasteiger partial charge in [0, 0.05) is 45.1 Å². The average Bonchev–Trinajstić information content (AvgIpc) is 2.69. The Kier molecular flexibility index (Phi) is 2.94. The van der Waals surface area contributed by atoms with Crippen LogP contribution in [-0.2, 0) is 6.54 Å². The highest BCUT2D eigenvalue weighted by Crippen LogP contribution is 1.93. The molecule has 1 aromatic rings. The van der Waals surface area contributed by atoms with Gasteiger partial charge in [-0.3, -0.25) is 9.58 Å². The summed E-state index contributed by atoms with van der Waals surface area (Å²) in [5, 5.41) is 7.52. The molecule has 0 bridgehead atoms. The van der Waals surface area contributed by atoms with Crippen LogP contribution >= 0.6 is 0 Å². The molecule has 0 amide bonds. The molecule has 0 radical (unpaired) electrons. The van der Waals surface area contributed by atoms with E-state index in [-0.39, 0.29) is 0 Å². The van der Waals surface area contributed by atoms with Gasteiger partial charge in [0.25, 0.3) is 0 Å². The van der Waals surface area contributed by atoms with Crippen LogP contribution in [0.5, 0.6) is 0 Å². The van der Waals surface area contributed by atoms with Crippen LogP contribution in [0.3, 0.4) is 0 Å². The fourth-order valence-corrected chi connectivity index (χ4v) is 1.61. The van der Waals surface area contributed by atoms with Gasteiger partial charge in [-0.15, -0.1) is 0 Å². The van der Waals surface area contributed by atoms with Crippen LogP contribution in [0.2, 0.25) is 0 Å². The smallest absolute Gasteiger partial charge is 0.0536 e. The summed E-state index contributed by atoms with van der Waals surface area (Å²) in [6.45, 7) is 6.71. The van der Waals surface area contributed by atoms with E-state index in [1.165, 1.54) is 13.1 Å². The molecule has 0 spiro atoms. The van der Waals surface area contributed by atoms with E-state index in [9.17, 15) is 0 Å². The van der Waals surface area contributed by atoms with Crippen molar-refractivity contribution < 1.29 is 0 Å². The normalized spacial score (nSPS) is 19.1. The first-order valence-electron chi connectivity index (χ1n) is 4.86. The summed E-state index contributed by atoms with van der Waals surface area (Å²) in [6, 6.07) is 1.97. The topological polar surface area (TPSA) is 33.1 Å². The van der Waals surface area contributed by atoms with Gasteiger partial charge in [-0.05, 0) is 6.07 Å². The number of nitrogens with one attached hydrogen (secondary N) is 1. The number of piperazine rings is 1. The van der Waals surface area contributed by atoms with E-state index in [1.807, 2.05) is 23.1 Å². The third-order valence-electron chi connectivity index (χ3n) is 2.41. The second kappa shape index (κ2) is 4.39. The van der Waals surface area contributed by atoms with E-state index in [1.54, 1.807) is 0 Å². The molecule has 4 heteroatoms. The fraction of sp³-hybridized carbons (Fsp3) is 0.667. The Morgan fingerprint density at radius 2 is 2.08 bits per heavy atom. The first-order chi connectivity index (χ1) is 6.45. The van der Waals surface area contributed by atoms with E-state index in [0.717, 1.165) is 26.2 Å². The van der Waals surface area contributed by atoms with Crippen LogP contribution < -0.4 is 5.32 Å². The second-order valence-electron chi connectivity index (χ2n) is 3.36. The first-order valence-corrected chi connectivity index (χ1v) is 4.86. The summed E-state index contributed by atoms with van der Waals surface area (Å²) in [5.74, 6) is 0. The summed E-state index contributed by atoms with van der Waals surface area (Å²) in [4.78, 5) is 2.47. The zero-order valence-corrected chi connectivity index (χ0v) is 7.82. The maximum Gasteiger partial charge on any atom is 0.0536 e. The first kappa shape index (κ1) is 8.72. The average molecular weight is 180 g/mol. The van der Waals surface area contributed by atoms with Crippen molar-refractivity contribution in [1.29, 1.82) is 0 Å². The Morgan fingerprint density at radius 1 is 1.23 bits per heavy atom. The van der Waals surface area contributed by atoms with Crippen LogP contribution in [0, 0.1) is 0 Å². The van der Waals surface area contributed by atoms with Gasteiger partial charge >= 0.3 is 0 Å². The molecule has 13 heavy (non-hydrogen) atoms. The summed E-state index contributed by atoms with van der Waals surface area (Å²) < 4.78 is 1.99. The zero-order valence-electron chi connectivity index (χ0n) is 7.82. The highest BCUT2D eigenvalue weighted by molar-refractivity contribution is 4.78. The van der Waals surface area contributed by atoms with Crippen LogP contribution in [0.4, 0.5) is 0 Å². The third-order valence-corrected chi connectivity index (χ3v) is 2.41. The third kappa shape index (κ3) is 2.54. The van der Waals surface area contributed by atoms with Gasteiger partial charge in [0.1, 0.15) is 0 Å². The van der Waals surface area contributed by atoms with Crippen molar-refractivity contribution >= 4 is 0 Å². The molecule has 2 rings (SSSR count). The number of hydrogen-bond acceptors (Lipinski definition) is 3. The van der Waals surface area contributed by atoms with Gasteiger partial charge in [0.2, 0.25) is 0 Å². The highest BCUT2D eigenvalue weighted by Gasteiger charge is 2.08. The minimum Gasteiger partial charge on any atom is -0.314 e. The predicted molar refractivity (Wildman–Crippen MR) is 51.5 cm³/mol.